The quantitative estimate of drug-likeness (QED) is 0.583. The molecular weight excluding hydrogens is 247 g/mol. The highest BCUT2D eigenvalue weighted by Gasteiger charge is 2.11. The number of nitrogens with two attached hydrogens (primary N) is 1. The van der Waals surface area contributed by atoms with Gasteiger partial charge in [-0.1, -0.05) is 6.07 Å². The van der Waals surface area contributed by atoms with E-state index in [9.17, 15) is 9.18 Å². The van der Waals surface area contributed by atoms with Crippen LogP contribution in [0.15, 0.2) is 36.7 Å². The number of carbonyl (C=O) groups excluding carboxylic acids is 1. The molecular formula is C13H13FN4O. The van der Waals surface area contributed by atoms with Gasteiger partial charge in [0, 0.05) is 11.9 Å². The second-order valence-corrected chi connectivity index (χ2v) is 3.98. The normalized spacial score (nSPS) is 10.1. The standard InChI is InChI=1S/C13H13FN4O/c1-8-2-3-9(6-11(8)14)17-13(19)10-4-5-16-7-12(10)18-15/h2-7,18H,15H2,1H3,(H,17,19). The summed E-state index contributed by atoms with van der Waals surface area (Å²) in [7, 11) is 0. The number of pyridine rings is 1. The first-order chi connectivity index (χ1) is 9.11. The molecule has 0 fully saturated rings. The number of nitrogen functional groups attached to an aromatic ring is 1. The molecule has 5 nitrogen and oxygen atoms in total. The van der Waals surface area contributed by atoms with Crippen molar-refractivity contribution in [1.82, 2.24) is 4.98 Å². The summed E-state index contributed by atoms with van der Waals surface area (Å²) in [4.78, 5) is 15.9. The highest BCUT2D eigenvalue weighted by atomic mass is 19.1. The van der Waals surface area contributed by atoms with Crippen molar-refractivity contribution in [2.75, 3.05) is 10.7 Å². The van der Waals surface area contributed by atoms with Crippen LogP contribution in [0.3, 0.4) is 0 Å². The number of aryl methyl sites for hydroxylation is 1. The van der Waals surface area contributed by atoms with Crippen molar-refractivity contribution >= 4 is 17.3 Å². The summed E-state index contributed by atoms with van der Waals surface area (Å²) in [5, 5.41) is 2.60. The molecule has 0 aliphatic rings. The van der Waals surface area contributed by atoms with Crippen LogP contribution < -0.4 is 16.6 Å². The minimum atomic E-state index is -0.390. The number of halogens is 1. The Labute approximate surface area is 109 Å². The maximum absolute atomic E-state index is 13.4. The average molecular weight is 260 g/mol. The Balaban J connectivity index is 2.23. The summed E-state index contributed by atoms with van der Waals surface area (Å²) < 4.78 is 13.4. The van der Waals surface area contributed by atoms with Gasteiger partial charge in [-0.15, -0.1) is 0 Å². The van der Waals surface area contributed by atoms with Gasteiger partial charge >= 0.3 is 0 Å². The van der Waals surface area contributed by atoms with Crippen LogP contribution in [0.5, 0.6) is 0 Å². The molecule has 1 aromatic carbocycles. The molecule has 0 unspecified atom stereocenters. The Morgan fingerprint density at radius 3 is 2.84 bits per heavy atom. The lowest BCUT2D eigenvalue weighted by Gasteiger charge is -2.09. The Morgan fingerprint density at radius 1 is 1.37 bits per heavy atom. The van der Waals surface area contributed by atoms with E-state index in [4.69, 9.17) is 5.84 Å². The molecule has 19 heavy (non-hydrogen) atoms. The number of hydrazine groups is 1. The molecule has 0 aliphatic carbocycles. The number of nitrogens with one attached hydrogen (secondary N) is 2. The fourth-order valence-electron chi connectivity index (χ4n) is 1.58. The molecule has 6 heteroatoms. The molecule has 0 spiro atoms. The van der Waals surface area contributed by atoms with Crippen molar-refractivity contribution < 1.29 is 9.18 Å². The van der Waals surface area contributed by atoms with E-state index < -0.39 is 5.91 Å². The monoisotopic (exact) mass is 260 g/mol. The molecule has 0 saturated heterocycles. The summed E-state index contributed by atoms with van der Waals surface area (Å²) in [5.74, 6) is 4.53. The average Bonchev–Trinajstić information content (AvgIpc) is 2.43. The lowest BCUT2D eigenvalue weighted by molar-refractivity contribution is 0.102. The van der Waals surface area contributed by atoms with Gasteiger partial charge in [-0.3, -0.25) is 15.6 Å². The molecule has 98 valence electrons. The third-order valence-electron chi connectivity index (χ3n) is 2.65. The number of carbonyl (C=O) groups is 1. The van der Waals surface area contributed by atoms with Crippen LogP contribution in [0.25, 0.3) is 0 Å². The zero-order chi connectivity index (χ0) is 13.8. The van der Waals surface area contributed by atoms with Crippen LogP contribution in [0.4, 0.5) is 15.8 Å². The minimum Gasteiger partial charge on any atom is -0.322 e. The molecule has 0 radical (unpaired) electrons. The molecule has 0 bridgehead atoms. The molecule has 0 saturated carbocycles. The number of nitrogens with zero attached hydrogens (tertiary/aromatic N) is 1. The topological polar surface area (TPSA) is 80.0 Å². The number of benzene rings is 1. The molecule has 4 N–H and O–H groups in total. The van der Waals surface area contributed by atoms with Crippen molar-refractivity contribution in [3.05, 3.63) is 53.6 Å². The second-order valence-electron chi connectivity index (χ2n) is 3.98. The highest BCUT2D eigenvalue weighted by Crippen LogP contribution is 2.17. The Bertz CT molecular complexity index is 615. The van der Waals surface area contributed by atoms with E-state index in [-0.39, 0.29) is 5.82 Å². The van der Waals surface area contributed by atoms with Gasteiger partial charge < -0.3 is 10.7 Å². The minimum absolute atomic E-state index is 0.332. The number of rotatable bonds is 3. The first-order valence-corrected chi connectivity index (χ1v) is 5.60. The molecule has 0 aliphatic heterocycles. The third-order valence-corrected chi connectivity index (χ3v) is 2.65. The second kappa shape index (κ2) is 5.45. The maximum Gasteiger partial charge on any atom is 0.257 e. The van der Waals surface area contributed by atoms with E-state index in [1.807, 2.05) is 0 Å². The Morgan fingerprint density at radius 2 is 2.16 bits per heavy atom. The van der Waals surface area contributed by atoms with Crippen molar-refractivity contribution in [2.45, 2.75) is 6.92 Å². The molecule has 2 rings (SSSR count). The molecule has 1 amide bonds. The fraction of sp³-hybridized carbons (Fsp3) is 0.0769. The highest BCUT2D eigenvalue weighted by molar-refractivity contribution is 6.07. The largest absolute Gasteiger partial charge is 0.322 e. The van der Waals surface area contributed by atoms with E-state index in [1.165, 1.54) is 24.5 Å². The van der Waals surface area contributed by atoms with Crippen molar-refractivity contribution in [3.8, 4) is 0 Å². The van der Waals surface area contributed by atoms with E-state index >= 15 is 0 Å². The zero-order valence-electron chi connectivity index (χ0n) is 10.3. The van der Waals surface area contributed by atoms with E-state index in [0.717, 1.165) is 0 Å². The number of hydrogen-bond donors (Lipinski definition) is 3. The molecule has 2 aromatic rings. The first kappa shape index (κ1) is 13.0. The number of anilines is 2. The van der Waals surface area contributed by atoms with Gasteiger partial charge in [-0.05, 0) is 30.7 Å². The van der Waals surface area contributed by atoms with Crippen molar-refractivity contribution in [2.24, 2.45) is 5.84 Å². The predicted octanol–water partition coefficient (Wildman–Crippen LogP) is 2.07. The van der Waals surface area contributed by atoms with Gasteiger partial charge in [0.1, 0.15) is 5.82 Å². The SMILES string of the molecule is Cc1ccc(NC(=O)c2ccncc2NN)cc1F. The van der Waals surface area contributed by atoms with Crippen LogP contribution in [0.1, 0.15) is 15.9 Å². The first-order valence-electron chi connectivity index (χ1n) is 5.60. The Kier molecular flexibility index (Phi) is 3.72. The maximum atomic E-state index is 13.4. The fourth-order valence-corrected chi connectivity index (χ4v) is 1.58. The third kappa shape index (κ3) is 2.86. The zero-order valence-corrected chi connectivity index (χ0v) is 10.3. The summed E-state index contributed by atoms with van der Waals surface area (Å²) in [6.07, 6.45) is 2.91. The molecule has 1 aromatic heterocycles. The van der Waals surface area contributed by atoms with Gasteiger partial charge in [0.15, 0.2) is 0 Å². The van der Waals surface area contributed by atoms with Gasteiger partial charge in [0.05, 0.1) is 17.4 Å². The lowest BCUT2D eigenvalue weighted by atomic mass is 10.2. The summed E-state index contributed by atoms with van der Waals surface area (Å²) in [6.45, 7) is 1.65. The van der Waals surface area contributed by atoms with Crippen LogP contribution in [0.2, 0.25) is 0 Å². The van der Waals surface area contributed by atoms with Crippen molar-refractivity contribution in [1.29, 1.82) is 0 Å². The van der Waals surface area contributed by atoms with Gasteiger partial charge in [0.2, 0.25) is 0 Å². The number of amides is 1. The summed E-state index contributed by atoms with van der Waals surface area (Å²) in [5.41, 5.74) is 4.02. The smallest absolute Gasteiger partial charge is 0.257 e. The van der Waals surface area contributed by atoms with E-state index in [2.05, 4.69) is 15.7 Å². The molecule has 1 heterocycles. The summed E-state index contributed by atoms with van der Waals surface area (Å²) >= 11 is 0. The Hall–Kier alpha value is -2.47. The van der Waals surface area contributed by atoms with Crippen LogP contribution in [-0.2, 0) is 0 Å². The van der Waals surface area contributed by atoms with Crippen LogP contribution in [-0.4, -0.2) is 10.9 Å². The van der Waals surface area contributed by atoms with Crippen LogP contribution in [0, 0.1) is 12.7 Å². The lowest BCUT2D eigenvalue weighted by Crippen LogP contribution is -2.17. The van der Waals surface area contributed by atoms with Crippen LogP contribution >= 0.6 is 0 Å². The van der Waals surface area contributed by atoms with Crippen molar-refractivity contribution in [3.63, 3.8) is 0 Å². The number of hydrogen-bond acceptors (Lipinski definition) is 4. The molecule has 0 atom stereocenters. The van der Waals surface area contributed by atoms with Gasteiger partial charge in [-0.25, -0.2) is 4.39 Å². The predicted molar refractivity (Wildman–Crippen MR) is 71.1 cm³/mol. The summed E-state index contributed by atoms with van der Waals surface area (Å²) in [6, 6.07) is 6.02. The van der Waals surface area contributed by atoms with Gasteiger partial charge in [-0.2, -0.15) is 0 Å². The van der Waals surface area contributed by atoms with Gasteiger partial charge in [0.25, 0.3) is 5.91 Å². The number of aromatic nitrogens is 1. The van der Waals surface area contributed by atoms with E-state index in [1.54, 1.807) is 19.1 Å². The van der Waals surface area contributed by atoms with E-state index in [0.29, 0.717) is 22.5 Å².